The van der Waals surface area contributed by atoms with E-state index in [1.807, 2.05) is 32.9 Å². The quantitative estimate of drug-likeness (QED) is 0.430. The molecular formula is C21H35N5O3. The lowest BCUT2D eigenvalue weighted by Gasteiger charge is -2.37. The van der Waals surface area contributed by atoms with Gasteiger partial charge in [0.15, 0.2) is 5.96 Å². The number of aliphatic imine (C=N–C) groups is 1. The van der Waals surface area contributed by atoms with Gasteiger partial charge in [-0.05, 0) is 39.8 Å². The molecule has 0 unspecified atom stereocenters. The predicted molar refractivity (Wildman–Crippen MR) is 117 cm³/mol. The number of nitrogens with one attached hydrogen (secondary N) is 2. The second-order valence-corrected chi connectivity index (χ2v) is 7.84. The second kappa shape index (κ2) is 10.8. The Labute approximate surface area is 174 Å². The zero-order valence-electron chi connectivity index (χ0n) is 18.3. The third-order valence-corrected chi connectivity index (χ3v) is 4.37. The van der Waals surface area contributed by atoms with Crippen molar-refractivity contribution in [1.29, 1.82) is 0 Å². The van der Waals surface area contributed by atoms with Crippen molar-refractivity contribution in [2.45, 2.75) is 33.3 Å². The zero-order valence-corrected chi connectivity index (χ0v) is 18.3. The molecule has 0 spiro atoms. The van der Waals surface area contributed by atoms with Crippen LogP contribution in [0.5, 0.6) is 5.75 Å². The Kier molecular flexibility index (Phi) is 8.42. The second-order valence-electron chi connectivity index (χ2n) is 7.84. The number of carbonyl (C=O) groups excluding carboxylic acids is 1. The van der Waals surface area contributed by atoms with E-state index in [0.717, 1.165) is 44.4 Å². The fourth-order valence-electron chi connectivity index (χ4n) is 3.04. The first-order valence-corrected chi connectivity index (χ1v) is 10.2. The van der Waals surface area contributed by atoms with Crippen molar-refractivity contribution in [3.63, 3.8) is 0 Å². The summed E-state index contributed by atoms with van der Waals surface area (Å²) in [4.78, 5) is 21.0. The fraction of sp³-hybridized carbons (Fsp3) is 0.619. The molecule has 1 aromatic rings. The van der Waals surface area contributed by atoms with E-state index in [9.17, 15) is 4.79 Å². The molecular weight excluding hydrogens is 370 g/mol. The number of piperazine rings is 1. The number of anilines is 1. The Hall–Kier alpha value is -2.64. The Bertz CT molecular complexity index is 679. The van der Waals surface area contributed by atoms with E-state index in [4.69, 9.17) is 9.47 Å². The highest BCUT2D eigenvalue weighted by Crippen LogP contribution is 2.22. The molecule has 1 amide bonds. The Morgan fingerprint density at radius 1 is 1.17 bits per heavy atom. The number of guanidine groups is 1. The minimum Gasteiger partial charge on any atom is -0.497 e. The average molecular weight is 406 g/mol. The highest BCUT2D eigenvalue weighted by Gasteiger charge is 2.20. The van der Waals surface area contributed by atoms with E-state index in [0.29, 0.717) is 13.1 Å². The van der Waals surface area contributed by atoms with Gasteiger partial charge in [-0.25, -0.2) is 4.79 Å². The van der Waals surface area contributed by atoms with Crippen LogP contribution in [0.25, 0.3) is 0 Å². The van der Waals surface area contributed by atoms with Gasteiger partial charge in [0.25, 0.3) is 0 Å². The van der Waals surface area contributed by atoms with Crippen molar-refractivity contribution in [2.24, 2.45) is 4.99 Å². The molecule has 162 valence electrons. The van der Waals surface area contributed by atoms with Crippen LogP contribution in [0.3, 0.4) is 0 Å². The number of alkyl carbamates (subject to hydrolysis) is 1. The first-order valence-electron chi connectivity index (χ1n) is 10.2. The Balaban J connectivity index is 1.84. The molecule has 1 aliphatic rings. The summed E-state index contributed by atoms with van der Waals surface area (Å²) in [6, 6.07) is 8.15. The summed E-state index contributed by atoms with van der Waals surface area (Å²) in [5, 5.41) is 6.09. The van der Waals surface area contributed by atoms with Crippen LogP contribution in [0.1, 0.15) is 27.7 Å². The molecule has 1 saturated heterocycles. The van der Waals surface area contributed by atoms with E-state index in [1.54, 1.807) is 7.11 Å². The summed E-state index contributed by atoms with van der Waals surface area (Å²) in [5.74, 6) is 1.75. The lowest BCUT2D eigenvalue weighted by Crippen LogP contribution is -2.52. The monoisotopic (exact) mass is 405 g/mol. The van der Waals surface area contributed by atoms with Gasteiger partial charge in [0.05, 0.1) is 13.7 Å². The predicted octanol–water partition coefficient (Wildman–Crippen LogP) is 2.31. The number of methoxy groups -OCH3 is 1. The van der Waals surface area contributed by atoms with Crippen LogP contribution >= 0.6 is 0 Å². The number of hydrogen-bond acceptors (Lipinski definition) is 5. The topological polar surface area (TPSA) is 78.4 Å². The van der Waals surface area contributed by atoms with Crippen molar-refractivity contribution >= 4 is 17.7 Å². The number of hydrogen-bond donors (Lipinski definition) is 2. The number of rotatable bonds is 6. The van der Waals surface area contributed by atoms with Crippen LogP contribution in [0.2, 0.25) is 0 Å². The molecule has 8 heteroatoms. The van der Waals surface area contributed by atoms with E-state index in [2.05, 4.69) is 44.5 Å². The maximum Gasteiger partial charge on any atom is 0.407 e. The van der Waals surface area contributed by atoms with Gasteiger partial charge in [-0.3, -0.25) is 4.99 Å². The minimum atomic E-state index is -0.495. The molecule has 0 aromatic heterocycles. The van der Waals surface area contributed by atoms with E-state index >= 15 is 0 Å². The molecule has 2 N–H and O–H groups in total. The molecule has 1 fully saturated rings. The van der Waals surface area contributed by atoms with Crippen molar-refractivity contribution in [3.05, 3.63) is 24.3 Å². The van der Waals surface area contributed by atoms with Crippen molar-refractivity contribution < 1.29 is 14.3 Å². The molecule has 1 aromatic carbocycles. The zero-order chi connectivity index (χ0) is 21.3. The first-order chi connectivity index (χ1) is 13.8. The van der Waals surface area contributed by atoms with Gasteiger partial charge in [0.2, 0.25) is 0 Å². The number of ether oxygens (including phenoxy) is 2. The molecule has 29 heavy (non-hydrogen) atoms. The van der Waals surface area contributed by atoms with Crippen LogP contribution in [0.4, 0.5) is 10.5 Å². The number of benzene rings is 1. The maximum atomic E-state index is 11.7. The Morgan fingerprint density at radius 2 is 1.90 bits per heavy atom. The largest absolute Gasteiger partial charge is 0.497 e. The van der Waals surface area contributed by atoms with Gasteiger partial charge in [-0.1, -0.05) is 6.07 Å². The van der Waals surface area contributed by atoms with E-state index in [1.165, 1.54) is 5.69 Å². The van der Waals surface area contributed by atoms with Crippen LogP contribution in [-0.4, -0.2) is 75.5 Å². The molecule has 8 nitrogen and oxygen atoms in total. The van der Waals surface area contributed by atoms with Crippen LogP contribution in [-0.2, 0) is 4.74 Å². The molecule has 0 radical (unpaired) electrons. The summed E-state index contributed by atoms with van der Waals surface area (Å²) in [6.07, 6.45) is -0.412. The van der Waals surface area contributed by atoms with Gasteiger partial charge in [-0.15, -0.1) is 0 Å². The summed E-state index contributed by atoms with van der Waals surface area (Å²) in [7, 11) is 1.69. The standard InChI is InChI=1S/C21H35N5O3/c1-6-22-19(23-10-11-24-20(27)29-21(2,3)4)26-14-12-25(13-15-26)17-8-7-9-18(16-17)28-5/h7-9,16H,6,10-15H2,1-5H3,(H,22,23)(H,24,27). The van der Waals surface area contributed by atoms with Crippen LogP contribution < -0.4 is 20.3 Å². The third kappa shape index (κ3) is 7.71. The van der Waals surface area contributed by atoms with Crippen molar-refractivity contribution in [1.82, 2.24) is 15.5 Å². The summed E-state index contributed by atoms with van der Waals surface area (Å²) >= 11 is 0. The molecule has 2 rings (SSSR count). The minimum absolute atomic E-state index is 0.412. The third-order valence-electron chi connectivity index (χ3n) is 4.37. The molecule has 0 aliphatic carbocycles. The molecule has 1 heterocycles. The van der Waals surface area contributed by atoms with Gasteiger partial charge >= 0.3 is 6.09 Å². The fourth-order valence-corrected chi connectivity index (χ4v) is 3.04. The molecule has 0 saturated carbocycles. The molecule has 0 atom stereocenters. The molecule has 0 bridgehead atoms. The maximum absolute atomic E-state index is 11.7. The van der Waals surface area contributed by atoms with Gasteiger partial charge in [0.1, 0.15) is 11.4 Å². The van der Waals surface area contributed by atoms with Gasteiger partial charge in [0, 0.05) is 51.0 Å². The highest BCUT2D eigenvalue weighted by atomic mass is 16.6. The lowest BCUT2D eigenvalue weighted by molar-refractivity contribution is 0.0529. The van der Waals surface area contributed by atoms with Crippen LogP contribution in [0.15, 0.2) is 29.3 Å². The summed E-state index contributed by atoms with van der Waals surface area (Å²) < 4.78 is 10.6. The van der Waals surface area contributed by atoms with E-state index in [-0.39, 0.29) is 0 Å². The lowest BCUT2D eigenvalue weighted by atomic mass is 10.2. The van der Waals surface area contributed by atoms with Gasteiger partial charge in [-0.2, -0.15) is 0 Å². The smallest absolute Gasteiger partial charge is 0.407 e. The average Bonchev–Trinajstić information content (AvgIpc) is 2.69. The van der Waals surface area contributed by atoms with Crippen LogP contribution in [0, 0.1) is 0 Å². The normalized spacial score (nSPS) is 15.1. The number of nitrogens with zero attached hydrogens (tertiary/aromatic N) is 3. The summed E-state index contributed by atoms with van der Waals surface area (Å²) in [5.41, 5.74) is 0.678. The van der Waals surface area contributed by atoms with Crippen molar-refractivity contribution in [2.75, 3.05) is 57.8 Å². The highest BCUT2D eigenvalue weighted by molar-refractivity contribution is 5.80. The van der Waals surface area contributed by atoms with Crippen molar-refractivity contribution in [3.8, 4) is 5.75 Å². The number of carbonyl (C=O) groups is 1. The SMILES string of the molecule is CCNC(=NCCNC(=O)OC(C)(C)C)N1CCN(c2cccc(OC)c2)CC1. The summed E-state index contributed by atoms with van der Waals surface area (Å²) in [6.45, 7) is 12.9. The van der Waals surface area contributed by atoms with Gasteiger partial charge < -0.3 is 29.9 Å². The molecule has 1 aliphatic heterocycles. The Morgan fingerprint density at radius 3 is 2.52 bits per heavy atom. The van der Waals surface area contributed by atoms with E-state index < -0.39 is 11.7 Å². The number of amides is 1. The first kappa shape index (κ1) is 22.6.